The number of hydrogen-bond acceptors (Lipinski definition) is 4. The number of benzene rings is 4. The Morgan fingerprint density at radius 2 is 1.63 bits per heavy atom. The molecule has 0 saturated heterocycles. The summed E-state index contributed by atoms with van der Waals surface area (Å²) in [6.07, 6.45) is 0. The molecule has 0 fully saturated rings. The number of fused-ring (bicyclic) bond motifs is 1. The van der Waals surface area contributed by atoms with Crippen LogP contribution in [0, 0.1) is 0 Å². The summed E-state index contributed by atoms with van der Waals surface area (Å²) >= 11 is 1.75. The van der Waals surface area contributed by atoms with E-state index in [1.165, 1.54) is 20.7 Å². The minimum Gasteiger partial charge on any atom is -0.497 e. The summed E-state index contributed by atoms with van der Waals surface area (Å²) in [5.41, 5.74) is 1.27. The maximum atomic E-state index is 6.03. The van der Waals surface area contributed by atoms with Gasteiger partial charge >= 0.3 is 0 Å². The molecule has 0 heterocycles. The van der Waals surface area contributed by atoms with Gasteiger partial charge in [-0.1, -0.05) is 72.4 Å². The summed E-state index contributed by atoms with van der Waals surface area (Å²) in [5.74, 6) is 1.81. The predicted molar refractivity (Wildman–Crippen MR) is 125 cm³/mol. The van der Waals surface area contributed by atoms with Gasteiger partial charge in [0.1, 0.15) is 18.1 Å². The first-order chi connectivity index (χ1) is 14.8. The monoisotopic (exact) mass is 415 g/mol. The number of ether oxygens (including phenoxy) is 2. The summed E-state index contributed by atoms with van der Waals surface area (Å²) in [7, 11) is 1.70. The normalized spacial score (nSPS) is 10.8. The van der Waals surface area contributed by atoms with Crippen molar-refractivity contribution in [2.45, 2.75) is 16.3 Å². The first kappa shape index (κ1) is 20.3. The SMILES string of the molecule is COc1cccc(Sc2ccccc2CNCCOc2cccc3ccccc23)c1. The van der Waals surface area contributed by atoms with Gasteiger partial charge < -0.3 is 14.8 Å². The molecule has 0 aliphatic rings. The van der Waals surface area contributed by atoms with Crippen LogP contribution in [-0.4, -0.2) is 20.3 Å². The van der Waals surface area contributed by atoms with Gasteiger partial charge in [0, 0.05) is 28.3 Å². The number of rotatable bonds is 9. The van der Waals surface area contributed by atoms with E-state index in [2.05, 4.69) is 66.0 Å². The molecular formula is C26H25NO2S. The fourth-order valence-electron chi connectivity index (χ4n) is 3.32. The molecule has 4 rings (SSSR count). The van der Waals surface area contributed by atoms with Crippen LogP contribution in [-0.2, 0) is 6.54 Å². The lowest BCUT2D eigenvalue weighted by Crippen LogP contribution is -2.21. The zero-order chi connectivity index (χ0) is 20.6. The molecule has 0 radical (unpaired) electrons. The van der Waals surface area contributed by atoms with Crippen LogP contribution in [0.3, 0.4) is 0 Å². The first-order valence-corrected chi connectivity index (χ1v) is 10.9. The van der Waals surface area contributed by atoms with Crippen molar-refractivity contribution >= 4 is 22.5 Å². The van der Waals surface area contributed by atoms with Gasteiger partial charge in [-0.2, -0.15) is 0 Å². The van der Waals surface area contributed by atoms with Gasteiger partial charge in [-0.3, -0.25) is 0 Å². The smallest absolute Gasteiger partial charge is 0.127 e. The van der Waals surface area contributed by atoms with Gasteiger partial charge in [-0.25, -0.2) is 0 Å². The minimum atomic E-state index is 0.624. The van der Waals surface area contributed by atoms with E-state index in [0.717, 1.165) is 30.0 Å². The maximum Gasteiger partial charge on any atom is 0.127 e. The van der Waals surface area contributed by atoms with Crippen LogP contribution in [0.2, 0.25) is 0 Å². The Hall–Kier alpha value is -2.95. The molecule has 0 bridgehead atoms. The predicted octanol–water partition coefficient (Wildman–Crippen LogP) is 6.17. The fourth-order valence-corrected chi connectivity index (χ4v) is 4.31. The molecule has 0 saturated carbocycles. The van der Waals surface area contributed by atoms with E-state index in [4.69, 9.17) is 9.47 Å². The molecule has 4 heteroatoms. The molecule has 0 amide bonds. The number of methoxy groups -OCH3 is 1. The second-order valence-corrected chi connectivity index (χ2v) is 8.01. The van der Waals surface area contributed by atoms with E-state index in [0.29, 0.717) is 6.61 Å². The topological polar surface area (TPSA) is 30.5 Å². The van der Waals surface area contributed by atoms with Gasteiger partial charge in [0.25, 0.3) is 0 Å². The summed E-state index contributed by atoms with van der Waals surface area (Å²) in [6, 6.07) is 31.1. The van der Waals surface area contributed by atoms with Crippen LogP contribution >= 0.6 is 11.8 Å². The fraction of sp³-hybridized carbons (Fsp3) is 0.154. The molecule has 3 nitrogen and oxygen atoms in total. The molecule has 1 N–H and O–H groups in total. The van der Waals surface area contributed by atoms with E-state index >= 15 is 0 Å². The average Bonchev–Trinajstić information content (AvgIpc) is 2.80. The zero-order valence-corrected chi connectivity index (χ0v) is 17.8. The van der Waals surface area contributed by atoms with Crippen molar-refractivity contribution in [3.8, 4) is 11.5 Å². The van der Waals surface area contributed by atoms with Crippen LogP contribution in [0.4, 0.5) is 0 Å². The molecule has 4 aromatic carbocycles. The third-order valence-electron chi connectivity index (χ3n) is 4.84. The Bertz CT molecular complexity index is 1110. The third kappa shape index (κ3) is 5.15. The third-order valence-corrected chi connectivity index (χ3v) is 5.95. The van der Waals surface area contributed by atoms with Crippen LogP contribution in [0.25, 0.3) is 10.8 Å². The molecule has 152 valence electrons. The Morgan fingerprint density at radius 1 is 0.833 bits per heavy atom. The quantitative estimate of drug-likeness (QED) is 0.331. The van der Waals surface area contributed by atoms with E-state index in [1.54, 1.807) is 18.9 Å². The van der Waals surface area contributed by atoms with Gasteiger partial charge in [0.05, 0.1) is 7.11 Å². The number of nitrogens with one attached hydrogen (secondary N) is 1. The Morgan fingerprint density at radius 3 is 2.57 bits per heavy atom. The molecule has 30 heavy (non-hydrogen) atoms. The minimum absolute atomic E-state index is 0.624. The molecule has 0 aromatic heterocycles. The van der Waals surface area contributed by atoms with Crippen molar-refractivity contribution in [1.82, 2.24) is 5.32 Å². The Balaban J connectivity index is 1.32. The van der Waals surface area contributed by atoms with E-state index in [-0.39, 0.29) is 0 Å². The summed E-state index contributed by atoms with van der Waals surface area (Å²) in [6.45, 7) is 2.20. The molecule has 4 aromatic rings. The van der Waals surface area contributed by atoms with Crippen LogP contribution < -0.4 is 14.8 Å². The molecule has 0 atom stereocenters. The van der Waals surface area contributed by atoms with E-state index < -0.39 is 0 Å². The molecule has 0 unspecified atom stereocenters. The highest BCUT2D eigenvalue weighted by Gasteiger charge is 2.05. The highest BCUT2D eigenvalue weighted by atomic mass is 32.2. The van der Waals surface area contributed by atoms with E-state index in [9.17, 15) is 0 Å². The molecular weight excluding hydrogens is 390 g/mol. The van der Waals surface area contributed by atoms with Gasteiger partial charge in [0.15, 0.2) is 0 Å². The van der Waals surface area contributed by atoms with Gasteiger partial charge in [-0.15, -0.1) is 0 Å². The zero-order valence-electron chi connectivity index (χ0n) is 17.0. The lowest BCUT2D eigenvalue weighted by Gasteiger charge is -2.12. The van der Waals surface area contributed by atoms with Crippen LogP contribution in [0.5, 0.6) is 11.5 Å². The van der Waals surface area contributed by atoms with Crippen molar-refractivity contribution in [2.75, 3.05) is 20.3 Å². The molecule has 0 spiro atoms. The second kappa shape index (κ2) is 10.2. The van der Waals surface area contributed by atoms with Crippen LogP contribution in [0.15, 0.2) is 101 Å². The lowest BCUT2D eigenvalue weighted by atomic mass is 10.1. The van der Waals surface area contributed by atoms with E-state index in [1.807, 2.05) is 30.3 Å². The first-order valence-electron chi connectivity index (χ1n) is 10.0. The lowest BCUT2D eigenvalue weighted by molar-refractivity contribution is 0.317. The van der Waals surface area contributed by atoms with Gasteiger partial charge in [-0.05, 0) is 41.3 Å². The summed E-state index contributed by atoms with van der Waals surface area (Å²) in [5, 5.41) is 5.86. The highest BCUT2D eigenvalue weighted by molar-refractivity contribution is 7.99. The standard InChI is InChI=1S/C26H25NO2S/c1-28-22-11-7-12-23(18-22)30-26-15-5-3-9-21(26)19-27-16-17-29-25-14-6-10-20-8-2-4-13-24(20)25/h2-15,18,27H,16-17,19H2,1H3. The van der Waals surface area contributed by atoms with Crippen LogP contribution in [0.1, 0.15) is 5.56 Å². The number of hydrogen-bond donors (Lipinski definition) is 1. The van der Waals surface area contributed by atoms with Crippen molar-refractivity contribution < 1.29 is 9.47 Å². The summed E-state index contributed by atoms with van der Waals surface area (Å²) in [4.78, 5) is 2.41. The maximum absolute atomic E-state index is 6.03. The summed E-state index contributed by atoms with van der Waals surface area (Å²) < 4.78 is 11.4. The van der Waals surface area contributed by atoms with Gasteiger partial charge in [0.2, 0.25) is 0 Å². The Kier molecular flexibility index (Phi) is 6.91. The van der Waals surface area contributed by atoms with Crippen molar-refractivity contribution in [1.29, 1.82) is 0 Å². The molecule has 0 aliphatic heterocycles. The molecule has 0 aliphatic carbocycles. The largest absolute Gasteiger partial charge is 0.497 e. The van der Waals surface area contributed by atoms with Crippen molar-refractivity contribution in [2.24, 2.45) is 0 Å². The van der Waals surface area contributed by atoms with Crippen molar-refractivity contribution in [3.63, 3.8) is 0 Å². The second-order valence-electron chi connectivity index (χ2n) is 6.89. The highest BCUT2D eigenvalue weighted by Crippen LogP contribution is 2.32. The average molecular weight is 416 g/mol. The van der Waals surface area contributed by atoms with Crippen molar-refractivity contribution in [3.05, 3.63) is 96.6 Å². The Labute approximate surface area is 182 Å².